The van der Waals surface area contributed by atoms with Crippen molar-refractivity contribution in [3.05, 3.63) is 57.2 Å². The Labute approximate surface area is 191 Å². The fourth-order valence-electron chi connectivity index (χ4n) is 3.54. The van der Waals surface area contributed by atoms with Gasteiger partial charge in [0.2, 0.25) is 11.8 Å². The maximum Gasteiger partial charge on any atom is 0.227 e. The molecule has 0 N–H and O–H groups in total. The highest BCUT2D eigenvalue weighted by molar-refractivity contribution is 14.1. The molecular weight excluding hydrogens is 495 g/mol. The van der Waals surface area contributed by atoms with Gasteiger partial charge < -0.3 is 19.3 Å². The largest absolute Gasteiger partial charge is 0.493 e. The van der Waals surface area contributed by atoms with Gasteiger partial charge in [-0.3, -0.25) is 9.59 Å². The minimum atomic E-state index is 0.0632. The lowest BCUT2D eigenvalue weighted by atomic mass is 10.1. The normalized spacial score (nSPS) is 13.8. The second-order valence-corrected chi connectivity index (χ2v) is 8.50. The van der Waals surface area contributed by atoms with E-state index in [1.165, 1.54) is 9.13 Å². The number of rotatable bonds is 7. The van der Waals surface area contributed by atoms with Gasteiger partial charge in [-0.25, -0.2) is 0 Å². The third kappa shape index (κ3) is 5.87. The summed E-state index contributed by atoms with van der Waals surface area (Å²) in [7, 11) is 3.17. The van der Waals surface area contributed by atoms with Crippen molar-refractivity contribution in [3.8, 4) is 11.5 Å². The lowest BCUT2D eigenvalue weighted by Gasteiger charge is -2.35. The summed E-state index contributed by atoms with van der Waals surface area (Å²) >= 11 is 2.27. The Bertz CT molecular complexity index is 877. The van der Waals surface area contributed by atoms with Crippen LogP contribution in [0.5, 0.6) is 11.5 Å². The Morgan fingerprint density at radius 1 is 0.833 bits per heavy atom. The minimum absolute atomic E-state index is 0.0632. The summed E-state index contributed by atoms with van der Waals surface area (Å²) in [6.45, 7) is 2.31. The van der Waals surface area contributed by atoms with Crippen molar-refractivity contribution in [2.24, 2.45) is 0 Å². The van der Waals surface area contributed by atoms with Crippen LogP contribution >= 0.6 is 22.6 Å². The van der Waals surface area contributed by atoms with Crippen LogP contribution in [0.25, 0.3) is 0 Å². The molecule has 6 nitrogen and oxygen atoms in total. The number of amides is 2. The van der Waals surface area contributed by atoms with Gasteiger partial charge in [0.25, 0.3) is 0 Å². The SMILES string of the molecule is COc1ccc(CC(=O)N2CCN(C(=O)CCc3ccc(I)cc3)CC2)cc1OC. The van der Waals surface area contributed by atoms with E-state index in [0.29, 0.717) is 50.5 Å². The molecule has 0 bridgehead atoms. The van der Waals surface area contributed by atoms with Crippen LogP contribution in [0, 0.1) is 3.57 Å². The maximum absolute atomic E-state index is 12.7. The molecular formula is C23H27IN2O4. The third-order valence-corrected chi connectivity index (χ3v) is 6.05. The topological polar surface area (TPSA) is 59.1 Å². The highest BCUT2D eigenvalue weighted by atomic mass is 127. The minimum Gasteiger partial charge on any atom is -0.493 e. The van der Waals surface area contributed by atoms with Crippen molar-refractivity contribution >= 4 is 34.4 Å². The third-order valence-electron chi connectivity index (χ3n) is 5.33. The molecule has 1 aliphatic heterocycles. The highest BCUT2D eigenvalue weighted by Gasteiger charge is 2.24. The lowest BCUT2D eigenvalue weighted by Crippen LogP contribution is -2.51. The van der Waals surface area contributed by atoms with Gasteiger partial charge >= 0.3 is 0 Å². The molecule has 1 saturated heterocycles. The maximum atomic E-state index is 12.7. The summed E-state index contributed by atoms with van der Waals surface area (Å²) in [5, 5.41) is 0. The quantitative estimate of drug-likeness (QED) is 0.525. The van der Waals surface area contributed by atoms with E-state index in [1.807, 2.05) is 28.0 Å². The van der Waals surface area contributed by atoms with E-state index in [2.05, 4.69) is 46.9 Å². The molecule has 0 radical (unpaired) electrons. The van der Waals surface area contributed by atoms with E-state index in [9.17, 15) is 9.59 Å². The summed E-state index contributed by atoms with van der Waals surface area (Å²) in [6.07, 6.45) is 1.55. The molecule has 0 unspecified atom stereocenters. The summed E-state index contributed by atoms with van der Waals surface area (Å²) in [5.41, 5.74) is 2.06. The second-order valence-electron chi connectivity index (χ2n) is 7.25. The summed E-state index contributed by atoms with van der Waals surface area (Å²) in [6, 6.07) is 13.8. The first-order valence-electron chi connectivity index (χ1n) is 10.0. The highest BCUT2D eigenvalue weighted by Crippen LogP contribution is 2.28. The van der Waals surface area contributed by atoms with Crippen molar-refractivity contribution in [2.75, 3.05) is 40.4 Å². The molecule has 0 atom stereocenters. The van der Waals surface area contributed by atoms with E-state index in [4.69, 9.17) is 9.47 Å². The Balaban J connectivity index is 1.46. The first-order valence-corrected chi connectivity index (χ1v) is 11.1. The van der Waals surface area contributed by atoms with Crippen molar-refractivity contribution in [1.82, 2.24) is 9.80 Å². The van der Waals surface area contributed by atoms with E-state index in [-0.39, 0.29) is 11.8 Å². The molecule has 2 aromatic carbocycles. The predicted octanol–water partition coefficient (Wildman–Crippen LogP) is 3.15. The second kappa shape index (κ2) is 10.7. The van der Waals surface area contributed by atoms with E-state index >= 15 is 0 Å². The number of hydrogen-bond donors (Lipinski definition) is 0. The zero-order valence-corrected chi connectivity index (χ0v) is 19.6. The van der Waals surface area contributed by atoms with Crippen molar-refractivity contribution < 1.29 is 19.1 Å². The fraction of sp³-hybridized carbons (Fsp3) is 0.391. The Morgan fingerprint density at radius 2 is 1.40 bits per heavy atom. The number of carbonyl (C=O) groups excluding carboxylic acids is 2. The molecule has 2 amide bonds. The van der Waals surface area contributed by atoms with E-state index in [1.54, 1.807) is 14.2 Å². The number of piperazine rings is 1. The van der Waals surface area contributed by atoms with E-state index < -0.39 is 0 Å². The van der Waals surface area contributed by atoms with Gasteiger partial charge in [0.1, 0.15) is 0 Å². The smallest absolute Gasteiger partial charge is 0.227 e. The molecule has 0 spiro atoms. The number of methoxy groups -OCH3 is 2. The number of hydrogen-bond acceptors (Lipinski definition) is 4. The van der Waals surface area contributed by atoms with Crippen molar-refractivity contribution in [2.45, 2.75) is 19.3 Å². The van der Waals surface area contributed by atoms with Gasteiger partial charge in [-0.05, 0) is 64.4 Å². The molecule has 160 valence electrons. The number of benzene rings is 2. The van der Waals surface area contributed by atoms with Crippen molar-refractivity contribution in [1.29, 1.82) is 0 Å². The van der Waals surface area contributed by atoms with Crippen LogP contribution in [0.1, 0.15) is 17.5 Å². The fourth-order valence-corrected chi connectivity index (χ4v) is 3.90. The molecule has 0 aromatic heterocycles. The first-order chi connectivity index (χ1) is 14.5. The zero-order valence-electron chi connectivity index (χ0n) is 17.4. The van der Waals surface area contributed by atoms with Crippen LogP contribution in [0.15, 0.2) is 42.5 Å². The number of ether oxygens (including phenoxy) is 2. The van der Waals surface area contributed by atoms with Crippen LogP contribution in [0.4, 0.5) is 0 Å². The van der Waals surface area contributed by atoms with Crippen LogP contribution in [-0.2, 0) is 22.4 Å². The standard InChI is InChI=1S/C23H27IN2O4/c1-29-20-9-5-18(15-21(20)30-2)16-23(28)26-13-11-25(12-14-26)22(27)10-6-17-3-7-19(24)8-4-17/h3-5,7-9,15H,6,10-14,16H2,1-2H3. The molecule has 3 rings (SSSR count). The van der Waals surface area contributed by atoms with E-state index in [0.717, 1.165) is 12.0 Å². The lowest BCUT2D eigenvalue weighted by molar-refractivity contribution is -0.139. The van der Waals surface area contributed by atoms with Gasteiger partial charge in [0.05, 0.1) is 20.6 Å². The Morgan fingerprint density at radius 3 is 2.00 bits per heavy atom. The van der Waals surface area contributed by atoms with Gasteiger partial charge in [-0.1, -0.05) is 18.2 Å². The van der Waals surface area contributed by atoms with Gasteiger partial charge in [-0.15, -0.1) is 0 Å². The number of aryl methyl sites for hydroxylation is 1. The monoisotopic (exact) mass is 522 g/mol. The molecule has 1 aliphatic rings. The Kier molecular flexibility index (Phi) is 7.95. The average molecular weight is 522 g/mol. The Hall–Kier alpha value is -2.29. The van der Waals surface area contributed by atoms with Gasteiger partial charge in [-0.2, -0.15) is 0 Å². The van der Waals surface area contributed by atoms with Crippen molar-refractivity contribution in [3.63, 3.8) is 0 Å². The average Bonchev–Trinajstić information content (AvgIpc) is 2.78. The first kappa shape index (κ1) is 22.4. The molecule has 1 heterocycles. The molecule has 1 fully saturated rings. The molecule has 0 aliphatic carbocycles. The van der Waals surface area contributed by atoms with Gasteiger partial charge in [0, 0.05) is 36.2 Å². The molecule has 0 saturated carbocycles. The van der Waals surface area contributed by atoms with Crippen LogP contribution in [0.3, 0.4) is 0 Å². The van der Waals surface area contributed by atoms with Crippen LogP contribution < -0.4 is 9.47 Å². The molecule has 7 heteroatoms. The summed E-state index contributed by atoms with van der Waals surface area (Å²) in [4.78, 5) is 28.9. The molecule has 30 heavy (non-hydrogen) atoms. The predicted molar refractivity (Wildman–Crippen MR) is 124 cm³/mol. The summed E-state index contributed by atoms with van der Waals surface area (Å²) < 4.78 is 11.7. The summed E-state index contributed by atoms with van der Waals surface area (Å²) in [5.74, 6) is 1.48. The number of halogens is 1. The molecule has 2 aromatic rings. The van der Waals surface area contributed by atoms with Gasteiger partial charge in [0.15, 0.2) is 11.5 Å². The van der Waals surface area contributed by atoms with Crippen LogP contribution in [-0.4, -0.2) is 62.0 Å². The number of nitrogens with zero attached hydrogens (tertiary/aromatic N) is 2. The zero-order chi connectivity index (χ0) is 21.5. The van der Waals surface area contributed by atoms with Crippen LogP contribution in [0.2, 0.25) is 0 Å². The number of carbonyl (C=O) groups is 2.